The van der Waals surface area contributed by atoms with E-state index in [0.717, 1.165) is 52.2 Å². The van der Waals surface area contributed by atoms with Gasteiger partial charge in [0, 0.05) is 51.7 Å². The van der Waals surface area contributed by atoms with Gasteiger partial charge in [0.25, 0.3) is 0 Å². The molecule has 0 spiro atoms. The van der Waals surface area contributed by atoms with E-state index in [4.69, 9.17) is 0 Å². The van der Waals surface area contributed by atoms with Crippen LogP contribution in [0.25, 0.3) is 0 Å². The number of nitrogens with one attached hydrogen (secondary N) is 1. The zero-order chi connectivity index (χ0) is 15.8. The minimum atomic E-state index is 0.0692. The summed E-state index contributed by atoms with van der Waals surface area (Å²) in [5.41, 5.74) is 1.23. The van der Waals surface area contributed by atoms with Crippen molar-refractivity contribution < 1.29 is 4.79 Å². The average molecular weight is 305 g/mol. The maximum Gasteiger partial charge on any atom is 0.317 e. The molecule has 0 aliphatic carbocycles. The third-order valence-corrected chi connectivity index (χ3v) is 3.85. The molecule has 6 nitrogen and oxygen atoms in total. The van der Waals surface area contributed by atoms with Crippen molar-refractivity contribution in [3.8, 4) is 0 Å². The molecule has 0 saturated carbocycles. The van der Waals surface area contributed by atoms with E-state index in [1.165, 1.54) is 5.56 Å². The van der Waals surface area contributed by atoms with Crippen LogP contribution in [0.15, 0.2) is 24.5 Å². The first-order chi connectivity index (χ1) is 10.6. The first-order valence-corrected chi connectivity index (χ1v) is 7.94. The molecule has 1 aromatic heterocycles. The van der Waals surface area contributed by atoms with Crippen LogP contribution in [0.3, 0.4) is 0 Å². The van der Waals surface area contributed by atoms with E-state index >= 15 is 0 Å². The predicted octanol–water partition coefficient (Wildman–Crippen LogP) is 0.861. The number of carbonyl (C=O) groups is 1. The zero-order valence-electron chi connectivity index (χ0n) is 13.7. The molecule has 1 aromatic rings. The van der Waals surface area contributed by atoms with Crippen molar-refractivity contribution in [2.45, 2.75) is 13.0 Å². The molecule has 0 atom stereocenters. The Labute approximate surface area is 133 Å². The van der Waals surface area contributed by atoms with Crippen molar-refractivity contribution in [2.75, 3.05) is 53.4 Å². The van der Waals surface area contributed by atoms with Crippen molar-refractivity contribution >= 4 is 6.03 Å². The first kappa shape index (κ1) is 16.7. The SMILES string of the molecule is CN(C)CCCNC(=O)N1CCN(Cc2cccnc2)CC1. The molecule has 0 aromatic carbocycles. The normalized spacial score (nSPS) is 16.0. The van der Waals surface area contributed by atoms with Gasteiger partial charge in [0.05, 0.1) is 0 Å². The van der Waals surface area contributed by atoms with Crippen LogP contribution in [0.4, 0.5) is 4.79 Å². The lowest BCUT2D eigenvalue weighted by atomic mass is 10.2. The highest BCUT2D eigenvalue weighted by atomic mass is 16.2. The Morgan fingerprint density at radius 2 is 2.09 bits per heavy atom. The lowest BCUT2D eigenvalue weighted by Crippen LogP contribution is -2.51. The number of aromatic nitrogens is 1. The summed E-state index contributed by atoms with van der Waals surface area (Å²) in [5.74, 6) is 0. The molecule has 2 heterocycles. The maximum absolute atomic E-state index is 12.1. The quantitative estimate of drug-likeness (QED) is 0.792. The van der Waals surface area contributed by atoms with Crippen molar-refractivity contribution in [1.82, 2.24) is 25.0 Å². The van der Waals surface area contributed by atoms with Gasteiger partial charge in [-0.1, -0.05) is 6.07 Å². The van der Waals surface area contributed by atoms with Crippen LogP contribution in [-0.2, 0) is 6.54 Å². The fourth-order valence-electron chi connectivity index (χ4n) is 2.56. The summed E-state index contributed by atoms with van der Waals surface area (Å²) < 4.78 is 0. The number of piperazine rings is 1. The van der Waals surface area contributed by atoms with Crippen molar-refractivity contribution in [1.29, 1.82) is 0 Å². The molecule has 2 amide bonds. The summed E-state index contributed by atoms with van der Waals surface area (Å²) in [7, 11) is 4.09. The molecule has 0 unspecified atom stereocenters. The van der Waals surface area contributed by atoms with Gasteiger partial charge in [-0.25, -0.2) is 4.79 Å². The molecule has 1 saturated heterocycles. The van der Waals surface area contributed by atoms with Crippen molar-refractivity contribution in [2.24, 2.45) is 0 Å². The Balaban J connectivity index is 1.65. The molecule has 6 heteroatoms. The van der Waals surface area contributed by atoms with Gasteiger partial charge in [-0.3, -0.25) is 9.88 Å². The van der Waals surface area contributed by atoms with Crippen LogP contribution in [0.5, 0.6) is 0 Å². The second-order valence-corrected chi connectivity index (χ2v) is 6.01. The molecule has 1 fully saturated rings. The molecular weight excluding hydrogens is 278 g/mol. The van der Waals surface area contributed by atoms with Crippen molar-refractivity contribution in [3.63, 3.8) is 0 Å². The summed E-state index contributed by atoms with van der Waals surface area (Å²) >= 11 is 0. The molecule has 1 aliphatic rings. The fourth-order valence-corrected chi connectivity index (χ4v) is 2.56. The first-order valence-electron chi connectivity index (χ1n) is 7.94. The highest BCUT2D eigenvalue weighted by Crippen LogP contribution is 2.07. The Kier molecular flexibility index (Phi) is 6.61. The number of carbonyl (C=O) groups excluding carboxylic acids is 1. The second kappa shape index (κ2) is 8.70. The van der Waals surface area contributed by atoms with Gasteiger partial charge in [0.1, 0.15) is 0 Å². The Morgan fingerprint density at radius 1 is 1.32 bits per heavy atom. The highest BCUT2D eigenvalue weighted by molar-refractivity contribution is 5.74. The standard InChI is InChI=1S/C16H27N5O/c1-19(2)8-4-7-18-16(22)21-11-9-20(10-12-21)14-15-5-3-6-17-13-15/h3,5-6,13H,4,7-12,14H2,1-2H3,(H,18,22). The number of hydrogen-bond acceptors (Lipinski definition) is 4. The van der Waals surface area contributed by atoms with Crippen LogP contribution >= 0.6 is 0 Å². The Bertz CT molecular complexity index is 443. The fraction of sp³-hybridized carbons (Fsp3) is 0.625. The molecule has 0 bridgehead atoms. The lowest BCUT2D eigenvalue weighted by molar-refractivity contribution is 0.135. The van der Waals surface area contributed by atoms with Crippen LogP contribution in [0.1, 0.15) is 12.0 Å². The maximum atomic E-state index is 12.1. The van der Waals surface area contributed by atoms with E-state index < -0.39 is 0 Å². The van der Waals surface area contributed by atoms with Crippen LogP contribution in [-0.4, -0.2) is 79.1 Å². The topological polar surface area (TPSA) is 51.7 Å². The van der Waals surface area contributed by atoms with Gasteiger partial charge in [-0.15, -0.1) is 0 Å². The minimum Gasteiger partial charge on any atom is -0.338 e. The van der Waals surface area contributed by atoms with E-state index in [1.54, 1.807) is 6.20 Å². The van der Waals surface area contributed by atoms with E-state index in [2.05, 4.69) is 26.2 Å². The largest absolute Gasteiger partial charge is 0.338 e. The Morgan fingerprint density at radius 3 is 2.73 bits per heavy atom. The monoisotopic (exact) mass is 305 g/mol. The van der Waals surface area contributed by atoms with Gasteiger partial charge in [-0.05, 0) is 38.7 Å². The second-order valence-electron chi connectivity index (χ2n) is 6.01. The van der Waals surface area contributed by atoms with Crippen LogP contribution < -0.4 is 5.32 Å². The molecule has 2 rings (SSSR count). The summed E-state index contributed by atoms with van der Waals surface area (Å²) in [6, 6.07) is 4.13. The summed E-state index contributed by atoms with van der Waals surface area (Å²) in [6.07, 6.45) is 4.69. The minimum absolute atomic E-state index is 0.0692. The van der Waals surface area contributed by atoms with E-state index in [-0.39, 0.29) is 6.03 Å². The number of urea groups is 1. The van der Waals surface area contributed by atoms with Crippen LogP contribution in [0.2, 0.25) is 0 Å². The third kappa shape index (κ3) is 5.61. The van der Waals surface area contributed by atoms with Crippen LogP contribution in [0, 0.1) is 0 Å². The van der Waals surface area contributed by atoms with Gasteiger partial charge >= 0.3 is 6.03 Å². The molecule has 22 heavy (non-hydrogen) atoms. The summed E-state index contributed by atoms with van der Waals surface area (Å²) in [4.78, 5) is 22.6. The van der Waals surface area contributed by atoms with Gasteiger partial charge in [0.15, 0.2) is 0 Å². The predicted molar refractivity (Wildman–Crippen MR) is 87.7 cm³/mol. The molecule has 1 aliphatic heterocycles. The summed E-state index contributed by atoms with van der Waals surface area (Å²) in [5, 5.41) is 3.00. The number of rotatable bonds is 6. The van der Waals surface area contributed by atoms with E-state index in [0.29, 0.717) is 0 Å². The van der Waals surface area contributed by atoms with Gasteiger partial charge < -0.3 is 15.1 Å². The lowest BCUT2D eigenvalue weighted by Gasteiger charge is -2.34. The summed E-state index contributed by atoms with van der Waals surface area (Å²) in [6.45, 7) is 6.07. The Hall–Kier alpha value is -1.66. The smallest absolute Gasteiger partial charge is 0.317 e. The van der Waals surface area contributed by atoms with Gasteiger partial charge in [0.2, 0.25) is 0 Å². The number of pyridine rings is 1. The highest BCUT2D eigenvalue weighted by Gasteiger charge is 2.20. The average Bonchev–Trinajstić information content (AvgIpc) is 2.53. The van der Waals surface area contributed by atoms with E-state index in [1.807, 2.05) is 31.3 Å². The van der Waals surface area contributed by atoms with E-state index in [9.17, 15) is 4.79 Å². The molecule has 122 valence electrons. The number of nitrogens with zero attached hydrogens (tertiary/aromatic N) is 4. The number of amides is 2. The molecular formula is C16H27N5O. The zero-order valence-corrected chi connectivity index (χ0v) is 13.7. The third-order valence-electron chi connectivity index (χ3n) is 3.85. The molecule has 0 radical (unpaired) electrons. The van der Waals surface area contributed by atoms with Gasteiger partial charge in [-0.2, -0.15) is 0 Å². The van der Waals surface area contributed by atoms with Crippen molar-refractivity contribution in [3.05, 3.63) is 30.1 Å². The number of hydrogen-bond donors (Lipinski definition) is 1. The molecule has 1 N–H and O–H groups in total.